The van der Waals surface area contributed by atoms with Crippen LogP contribution < -0.4 is 5.73 Å². The van der Waals surface area contributed by atoms with E-state index in [4.69, 9.17) is 5.73 Å². The van der Waals surface area contributed by atoms with Crippen LogP contribution in [0.3, 0.4) is 0 Å². The lowest BCUT2D eigenvalue weighted by Gasteiger charge is -2.48. The first-order valence-electron chi connectivity index (χ1n) is 8.48. The second kappa shape index (κ2) is 7.21. The van der Waals surface area contributed by atoms with E-state index in [1.807, 2.05) is 0 Å². The van der Waals surface area contributed by atoms with Crippen LogP contribution in [0.15, 0.2) is 0 Å². The molecule has 2 saturated heterocycles. The van der Waals surface area contributed by atoms with E-state index >= 15 is 0 Å². The van der Waals surface area contributed by atoms with Gasteiger partial charge in [0.05, 0.1) is 0 Å². The Kier molecular flexibility index (Phi) is 5.84. The van der Waals surface area contributed by atoms with Gasteiger partial charge in [0.2, 0.25) is 0 Å². The molecule has 0 aromatic carbocycles. The van der Waals surface area contributed by atoms with E-state index in [0.29, 0.717) is 6.04 Å². The molecule has 0 aliphatic carbocycles. The number of nitrogens with zero attached hydrogens (tertiary/aromatic N) is 3. The number of nitrogens with two attached hydrogens (primary N) is 1. The lowest BCUT2D eigenvalue weighted by atomic mass is 9.83. The van der Waals surface area contributed by atoms with Gasteiger partial charge in [-0.3, -0.25) is 9.80 Å². The first-order chi connectivity index (χ1) is 9.64. The molecule has 2 heterocycles. The average molecular weight is 282 g/mol. The minimum atomic E-state index is 0.242. The third-order valence-corrected chi connectivity index (χ3v) is 5.36. The van der Waals surface area contributed by atoms with E-state index < -0.39 is 0 Å². The molecule has 2 N–H and O–H groups in total. The molecule has 0 aromatic rings. The molecular formula is C16H34N4. The van der Waals surface area contributed by atoms with Crippen LogP contribution in [0.4, 0.5) is 0 Å². The maximum atomic E-state index is 6.33. The van der Waals surface area contributed by atoms with E-state index in [0.717, 1.165) is 19.6 Å². The second-order valence-corrected chi connectivity index (χ2v) is 6.90. The van der Waals surface area contributed by atoms with Crippen molar-refractivity contribution in [2.75, 3.05) is 53.4 Å². The molecule has 118 valence electrons. The van der Waals surface area contributed by atoms with Crippen LogP contribution >= 0.6 is 0 Å². The third kappa shape index (κ3) is 3.19. The summed E-state index contributed by atoms with van der Waals surface area (Å²) >= 11 is 0. The predicted molar refractivity (Wildman–Crippen MR) is 86.0 cm³/mol. The quantitative estimate of drug-likeness (QED) is 0.761. The van der Waals surface area contributed by atoms with Gasteiger partial charge in [-0.1, -0.05) is 13.3 Å². The summed E-state index contributed by atoms with van der Waals surface area (Å²) in [5.74, 6) is 0. The van der Waals surface area contributed by atoms with Crippen LogP contribution in [-0.4, -0.2) is 79.6 Å². The summed E-state index contributed by atoms with van der Waals surface area (Å²) in [4.78, 5) is 7.73. The molecule has 4 nitrogen and oxygen atoms in total. The van der Waals surface area contributed by atoms with Crippen molar-refractivity contribution in [2.45, 2.75) is 50.6 Å². The Labute approximate surface area is 125 Å². The van der Waals surface area contributed by atoms with Crippen molar-refractivity contribution in [3.8, 4) is 0 Å². The van der Waals surface area contributed by atoms with E-state index in [9.17, 15) is 0 Å². The lowest BCUT2D eigenvalue weighted by Crippen LogP contribution is -2.62. The molecule has 2 unspecified atom stereocenters. The number of rotatable bonds is 7. The van der Waals surface area contributed by atoms with E-state index in [1.54, 1.807) is 0 Å². The van der Waals surface area contributed by atoms with E-state index in [1.165, 1.54) is 51.7 Å². The summed E-state index contributed by atoms with van der Waals surface area (Å²) in [5.41, 5.74) is 6.57. The van der Waals surface area contributed by atoms with Crippen molar-refractivity contribution in [1.82, 2.24) is 14.7 Å². The Morgan fingerprint density at radius 1 is 1.15 bits per heavy atom. The summed E-state index contributed by atoms with van der Waals surface area (Å²) in [5, 5.41) is 0. The zero-order valence-corrected chi connectivity index (χ0v) is 13.8. The van der Waals surface area contributed by atoms with Crippen LogP contribution in [0.5, 0.6) is 0 Å². The fourth-order valence-electron chi connectivity index (χ4n) is 4.25. The molecule has 20 heavy (non-hydrogen) atoms. The van der Waals surface area contributed by atoms with Gasteiger partial charge in [-0.05, 0) is 52.9 Å². The van der Waals surface area contributed by atoms with Crippen molar-refractivity contribution >= 4 is 0 Å². The number of fused-ring (bicyclic) bond motifs is 1. The summed E-state index contributed by atoms with van der Waals surface area (Å²) < 4.78 is 0. The lowest BCUT2D eigenvalue weighted by molar-refractivity contribution is 0.0332. The second-order valence-electron chi connectivity index (χ2n) is 6.90. The SMILES string of the molecule is CCCN(CCN(C)C)C1(CN)CCN2CCCCC21. The molecule has 2 aliphatic heterocycles. The van der Waals surface area contributed by atoms with Gasteiger partial charge in [-0.2, -0.15) is 0 Å². The highest BCUT2D eigenvalue weighted by atomic mass is 15.3. The minimum Gasteiger partial charge on any atom is -0.329 e. The molecule has 0 bridgehead atoms. The Balaban J connectivity index is 2.13. The van der Waals surface area contributed by atoms with Gasteiger partial charge in [0.1, 0.15) is 0 Å². The zero-order valence-electron chi connectivity index (χ0n) is 13.8. The van der Waals surface area contributed by atoms with Crippen molar-refractivity contribution in [3.63, 3.8) is 0 Å². The molecule has 2 fully saturated rings. The first kappa shape index (κ1) is 16.2. The first-order valence-corrected chi connectivity index (χ1v) is 8.48. The average Bonchev–Trinajstić information content (AvgIpc) is 2.83. The predicted octanol–water partition coefficient (Wildman–Crippen LogP) is 1.22. The van der Waals surface area contributed by atoms with Crippen molar-refractivity contribution in [3.05, 3.63) is 0 Å². The number of hydrogen-bond acceptors (Lipinski definition) is 4. The van der Waals surface area contributed by atoms with Crippen LogP contribution in [0.2, 0.25) is 0 Å². The van der Waals surface area contributed by atoms with Crippen molar-refractivity contribution in [1.29, 1.82) is 0 Å². The summed E-state index contributed by atoms with van der Waals surface area (Å²) in [6.07, 6.45) is 6.60. The number of piperidine rings is 1. The third-order valence-electron chi connectivity index (χ3n) is 5.36. The largest absolute Gasteiger partial charge is 0.329 e. The van der Waals surface area contributed by atoms with Gasteiger partial charge >= 0.3 is 0 Å². The van der Waals surface area contributed by atoms with Gasteiger partial charge < -0.3 is 10.6 Å². The molecule has 2 atom stereocenters. The van der Waals surface area contributed by atoms with Crippen LogP contribution in [0.25, 0.3) is 0 Å². The maximum Gasteiger partial charge on any atom is 0.0499 e. The molecule has 0 saturated carbocycles. The fraction of sp³-hybridized carbons (Fsp3) is 1.00. The smallest absolute Gasteiger partial charge is 0.0499 e. The van der Waals surface area contributed by atoms with E-state index in [-0.39, 0.29) is 5.54 Å². The minimum absolute atomic E-state index is 0.242. The number of hydrogen-bond donors (Lipinski definition) is 1. The summed E-state index contributed by atoms with van der Waals surface area (Å²) in [6.45, 7) is 9.14. The number of likely N-dealkylation sites (N-methyl/N-ethyl adjacent to an activating group) is 1. The van der Waals surface area contributed by atoms with Gasteiger partial charge in [0.25, 0.3) is 0 Å². The normalized spacial score (nSPS) is 31.2. The molecule has 0 amide bonds. The molecule has 0 radical (unpaired) electrons. The molecule has 0 spiro atoms. The van der Waals surface area contributed by atoms with Crippen LogP contribution in [0.1, 0.15) is 39.0 Å². The van der Waals surface area contributed by atoms with Gasteiger partial charge in [0, 0.05) is 37.8 Å². The summed E-state index contributed by atoms with van der Waals surface area (Å²) in [7, 11) is 4.33. The van der Waals surface area contributed by atoms with Gasteiger partial charge in [-0.15, -0.1) is 0 Å². The molecule has 2 aliphatic rings. The van der Waals surface area contributed by atoms with Gasteiger partial charge in [-0.25, -0.2) is 0 Å². The Hall–Kier alpha value is -0.160. The highest BCUT2D eigenvalue weighted by Gasteiger charge is 2.50. The van der Waals surface area contributed by atoms with Crippen LogP contribution in [-0.2, 0) is 0 Å². The Morgan fingerprint density at radius 3 is 2.60 bits per heavy atom. The topological polar surface area (TPSA) is 35.7 Å². The zero-order chi connectivity index (χ0) is 14.6. The van der Waals surface area contributed by atoms with Crippen LogP contribution in [0, 0.1) is 0 Å². The highest BCUT2D eigenvalue weighted by Crippen LogP contribution is 2.38. The fourth-order valence-corrected chi connectivity index (χ4v) is 4.25. The maximum absolute atomic E-state index is 6.33. The van der Waals surface area contributed by atoms with Gasteiger partial charge in [0.15, 0.2) is 0 Å². The summed E-state index contributed by atoms with van der Waals surface area (Å²) in [6, 6.07) is 0.704. The highest BCUT2D eigenvalue weighted by molar-refractivity contribution is 5.08. The molecule has 4 heteroatoms. The molecular weight excluding hydrogens is 248 g/mol. The molecule has 2 rings (SSSR count). The monoisotopic (exact) mass is 282 g/mol. The Morgan fingerprint density at radius 2 is 1.95 bits per heavy atom. The Bertz CT molecular complexity index is 294. The van der Waals surface area contributed by atoms with Crippen molar-refractivity contribution < 1.29 is 0 Å². The van der Waals surface area contributed by atoms with Crippen molar-refractivity contribution in [2.24, 2.45) is 5.73 Å². The van der Waals surface area contributed by atoms with E-state index in [2.05, 4.69) is 35.7 Å². The molecule has 0 aromatic heterocycles. The standard InChI is InChI=1S/C16H34N4/c1-4-9-20(13-12-18(2)3)16(14-17)8-11-19-10-6-5-7-15(16)19/h15H,4-14,17H2,1-3H3.